The highest BCUT2D eigenvalue weighted by molar-refractivity contribution is 6.32. The van der Waals surface area contributed by atoms with Crippen LogP contribution in [0.1, 0.15) is 10.4 Å². The maximum atomic E-state index is 12.1. The molecule has 2 heterocycles. The molecule has 0 saturated heterocycles. The number of hydrogen-bond acceptors (Lipinski definition) is 5. The molecule has 0 spiro atoms. The first-order valence-corrected chi connectivity index (χ1v) is 8.18. The van der Waals surface area contributed by atoms with Crippen LogP contribution in [-0.4, -0.2) is 34.0 Å². The second-order valence-electron chi connectivity index (χ2n) is 5.25. The Labute approximate surface area is 154 Å². The van der Waals surface area contributed by atoms with E-state index >= 15 is 0 Å². The zero-order valence-corrected chi connectivity index (χ0v) is 14.4. The van der Waals surface area contributed by atoms with Gasteiger partial charge in [0.05, 0.1) is 11.6 Å². The van der Waals surface area contributed by atoms with Crippen molar-refractivity contribution in [2.45, 2.75) is 0 Å². The van der Waals surface area contributed by atoms with Crippen LogP contribution in [0.3, 0.4) is 0 Å². The van der Waals surface area contributed by atoms with E-state index in [4.69, 9.17) is 16.3 Å². The molecule has 2 N–H and O–H groups in total. The van der Waals surface area contributed by atoms with Crippen LogP contribution < -0.4 is 15.6 Å². The second kappa shape index (κ2) is 8.26. The minimum absolute atomic E-state index is 0.0737. The maximum absolute atomic E-state index is 12.1. The van der Waals surface area contributed by atoms with E-state index < -0.39 is 11.5 Å². The first-order valence-electron chi connectivity index (χ1n) is 7.80. The van der Waals surface area contributed by atoms with E-state index in [0.29, 0.717) is 22.2 Å². The smallest absolute Gasteiger partial charge is 0.264 e. The molecule has 132 valence electrons. The monoisotopic (exact) mass is 370 g/mol. The molecule has 0 aliphatic carbocycles. The van der Waals surface area contributed by atoms with E-state index in [1.54, 1.807) is 48.8 Å². The summed E-state index contributed by atoms with van der Waals surface area (Å²) >= 11 is 5.98. The highest BCUT2D eigenvalue weighted by Crippen LogP contribution is 2.22. The molecule has 8 heteroatoms. The molecule has 7 nitrogen and oxygen atoms in total. The van der Waals surface area contributed by atoms with Gasteiger partial charge in [-0.2, -0.15) is 0 Å². The SMILES string of the molecule is O=C(NCCOc1ccccc1Cl)c1cnc(-c2cccnc2)[nH]c1=O. The molecule has 2 aromatic heterocycles. The van der Waals surface area contributed by atoms with E-state index in [1.165, 1.54) is 6.20 Å². The van der Waals surface area contributed by atoms with Crippen LogP contribution in [0.25, 0.3) is 11.4 Å². The molecule has 0 bridgehead atoms. The summed E-state index contributed by atoms with van der Waals surface area (Å²) in [5.74, 6) is 0.352. The molecule has 0 fully saturated rings. The number of ether oxygens (including phenoxy) is 1. The van der Waals surface area contributed by atoms with E-state index in [-0.39, 0.29) is 18.7 Å². The minimum atomic E-state index is -0.528. The Kier molecular flexibility index (Phi) is 5.60. The van der Waals surface area contributed by atoms with Crippen LogP contribution >= 0.6 is 11.6 Å². The average molecular weight is 371 g/mol. The lowest BCUT2D eigenvalue weighted by atomic mass is 10.2. The van der Waals surface area contributed by atoms with Crippen LogP contribution in [0.2, 0.25) is 5.02 Å². The third-order valence-electron chi connectivity index (χ3n) is 3.46. The van der Waals surface area contributed by atoms with E-state index in [2.05, 4.69) is 20.3 Å². The fourth-order valence-corrected chi connectivity index (χ4v) is 2.38. The molecule has 3 aromatic rings. The zero-order valence-electron chi connectivity index (χ0n) is 13.6. The molecule has 3 rings (SSSR count). The number of aromatic nitrogens is 3. The third kappa shape index (κ3) is 4.25. The molecular weight excluding hydrogens is 356 g/mol. The summed E-state index contributed by atoms with van der Waals surface area (Å²) in [5, 5.41) is 3.10. The Morgan fingerprint density at radius 3 is 2.77 bits per heavy atom. The Hall–Kier alpha value is -3.19. The number of carbonyl (C=O) groups excluding carboxylic acids is 1. The number of aromatic amines is 1. The maximum Gasteiger partial charge on any atom is 0.264 e. The van der Waals surface area contributed by atoms with Gasteiger partial charge in [-0.25, -0.2) is 4.98 Å². The number of hydrogen-bond donors (Lipinski definition) is 2. The van der Waals surface area contributed by atoms with E-state index in [0.717, 1.165) is 0 Å². The number of carbonyl (C=O) groups is 1. The average Bonchev–Trinajstić information content (AvgIpc) is 2.67. The van der Waals surface area contributed by atoms with Gasteiger partial charge in [-0.1, -0.05) is 23.7 Å². The Bertz CT molecular complexity index is 960. The lowest BCUT2D eigenvalue weighted by Crippen LogP contribution is -2.32. The van der Waals surface area contributed by atoms with Crippen molar-refractivity contribution in [1.29, 1.82) is 0 Å². The molecule has 0 unspecified atom stereocenters. The lowest BCUT2D eigenvalue weighted by Gasteiger charge is -2.09. The molecule has 0 aliphatic heterocycles. The summed E-state index contributed by atoms with van der Waals surface area (Å²) in [6.07, 6.45) is 4.43. The van der Waals surface area contributed by atoms with Crippen LogP contribution in [-0.2, 0) is 0 Å². The van der Waals surface area contributed by atoms with Gasteiger partial charge in [-0.3, -0.25) is 14.6 Å². The van der Waals surface area contributed by atoms with Crippen LogP contribution in [0.5, 0.6) is 5.75 Å². The second-order valence-corrected chi connectivity index (χ2v) is 5.66. The van der Waals surface area contributed by atoms with Crippen molar-refractivity contribution < 1.29 is 9.53 Å². The van der Waals surface area contributed by atoms with Crippen molar-refractivity contribution in [3.8, 4) is 17.1 Å². The topological polar surface area (TPSA) is 97.0 Å². The molecular formula is C18H15ClN4O3. The van der Waals surface area contributed by atoms with Crippen molar-refractivity contribution in [1.82, 2.24) is 20.3 Å². The highest BCUT2D eigenvalue weighted by Gasteiger charge is 2.12. The van der Waals surface area contributed by atoms with Gasteiger partial charge in [0.25, 0.3) is 11.5 Å². The number of amides is 1. The van der Waals surface area contributed by atoms with Gasteiger partial charge in [0.1, 0.15) is 23.7 Å². The Morgan fingerprint density at radius 2 is 2.04 bits per heavy atom. The molecule has 0 radical (unpaired) electrons. The fourth-order valence-electron chi connectivity index (χ4n) is 2.19. The van der Waals surface area contributed by atoms with Crippen molar-refractivity contribution in [2.24, 2.45) is 0 Å². The molecule has 1 amide bonds. The summed E-state index contributed by atoms with van der Waals surface area (Å²) < 4.78 is 5.48. The van der Waals surface area contributed by atoms with Gasteiger partial charge in [-0.15, -0.1) is 0 Å². The molecule has 0 saturated carbocycles. The predicted molar refractivity (Wildman–Crippen MR) is 97.4 cm³/mol. The number of pyridine rings is 1. The highest BCUT2D eigenvalue weighted by atomic mass is 35.5. The van der Waals surface area contributed by atoms with Crippen LogP contribution in [0.15, 0.2) is 59.8 Å². The first kappa shape index (κ1) is 17.6. The van der Waals surface area contributed by atoms with Gasteiger partial charge < -0.3 is 15.0 Å². The number of nitrogens with zero attached hydrogens (tertiary/aromatic N) is 2. The van der Waals surface area contributed by atoms with Gasteiger partial charge in [-0.05, 0) is 24.3 Å². The van der Waals surface area contributed by atoms with Gasteiger partial charge in [0.15, 0.2) is 0 Å². The van der Waals surface area contributed by atoms with Crippen molar-refractivity contribution in [3.63, 3.8) is 0 Å². The minimum Gasteiger partial charge on any atom is -0.490 e. The zero-order chi connectivity index (χ0) is 18.4. The van der Waals surface area contributed by atoms with Gasteiger partial charge >= 0.3 is 0 Å². The number of rotatable bonds is 6. The summed E-state index contributed by atoms with van der Waals surface area (Å²) in [6.45, 7) is 0.433. The molecule has 0 aliphatic rings. The predicted octanol–water partition coefficient (Wildman–Crippen LogP) is 2.29. The summed E-state index contributed by atoms with van der Waals surface area (Å²) in [4.78, 5) is 34.9. The fraction of sp³-hybridized carbons (Fsp3) is 0.111. The number of nitrogens with one attached hydrogen (secondary N) is 2. The Balaban J connectivity index is 1.58. The first-order chi connectivity index (χ1) is 12.6. The summed E-state index contributed by atoms with van der Waals surface area (Å²) in [7, 11) is 0. The molecule has 26 heavy (non-hydrogen) atoms. The van der Waals surface area contributed by atoms with E-state index in [1.807, 2.05) is 0 Å². The van der Waals surface area contributed by atoms with E-state index in [9.17, 15) is 9.59 Å². The quantitative estimate of drug-likeness (QED) is 0.649. The van der Waals surface area contributed by atoms with Crippen LogP contribution in [0, 0.1) is 0 Å². The standard InChI is InChI=1S/C18H15ClN4O3/c19-14-5-1-2-6-15(14)26-9-8-21-17(24)13-11-22-16(23-18(13)25)12-4-3-7-20-10-12/h1-7,10-11H,8-9H2,(H,21,24)(H,22,23,25). The summed E-state index contributed by atoms with van der Waals surface area (Å²) in [5.41, 5.74) is 0.0588. The number of para-hydroxylation sites is 1. The number of benzene rings is 1. The normalized spacial score (nSPS) is 10.3. The van der Waals surface area contributed by atoms with Gasteiger partial charge in [0.2, 0.25) is 0 Å². The Morgan fingerprint density at radius 1 is 1.19 bits per heavy atom. The van der Waals surface area contributed by atoms with Gasteiger partial charge in [0, 0.05) is 24.2 Å². The van der Waals surface area contributed by atoms with Crippen molar-refractivity contribution >= 4 is 17.5 Å². The third-order valence-corrected chi connectivity index (χ3v) is 3.77. The number of halogens is 1. The molecule has 1 aromatic carbocycles. The van der Waals surface area contributed by atoms with Crippen LogP contribution in [0.4, 0.5) is 0 Å². The van der Waals surface area contributed by atoms with Crippen molar-refractivity contribution in [2.75, 3.05) is 13.2 Å². The lowest BCUT2D eigenvalue weighted by molar-refractivity contribution is 0.0945. The largest absolute Gasteiger partial charge is 0.490 e. The summed E-state index contributed by atoms with van der Waals surface area (Å²) in [6, 6.07) is 10.5. The van der Waals surface area contributed by atoms with Crippen molar-refractivity contribution in [3.05, 3.63) is 75.9 Å². The number of H-pyrrole nitrogens is 1. The molecule has 0 atom stereocenters.